The van der Waals surface area contributed by atoms with E-state index in [0.717, 1.165) is 49.4 Å². The van der Waals surface area contributed by atoms with Crippen LogP contribution in [0.5, 0.6) is 5.75 Å². The van der Waals surface area contributed by atoms with Gasteiger partial charge in [-0.05, 0) is 79.8 Å². The summed E-state index contributed by atoms with van der Waals surface area (Å²) in [6.07, 6.45) is 6.89. The van der Waals surface area contributed by atoms with Crippen molar-refractivity contribution >= 4 is 5.91 Å². The molecule has 0 N–H and O–H groups in total. The molecule has 170 valence electrons. The summed E-state index contributed by atoms with van der Waals surface area (Å²) in [6, 6.07) is 17.0. The minimum atomic E-state index is -0.323. The molecule has 0 aliphatic carbocycles. The summed E-state index contributed by atoms with van der Waals surface area (Å²) in [6.45, 7) is 4.69. The van der Waals surface area contributed by atoms with Gasteiger partial charge in [0.2, 0.25) is 5.91 Å². The van der Waals surface area contributed by atoms with E-state index in [1.807, 2.05) is 35.1 Å². The van der Waals surface area contributed by atoms with Gasteiger partial charge in [0.05, 0.1) is 12.8 Å². The molecule has 2 aromatic carbocycles. The van der Waals surface area contributed by atoms with E-state index >= 15 is 0 Å². The van der Waals surface area contributed by atoms with E-state index in [0.29, 0.717) is 24.4 Å². The van der Waals surface area contributed by atoms with Gasteiger partial charge < -0.3 is 9.64 Å². The minimum Gasteiger partial charge on any atom is -0.497 e. The summed E-state index contributed by atoms with van der Waals surface area (Å²) in [4.78, 5) is 18.5. The number of aryl methyl sites for hydroxylation is 1. The van der Waals surface area contributed by atoms with Gasteiger partial charge in [0, 0.05) is 37.4 Å². The highest BCUT2D eigenvalue weighted by Gasteiger charge is 2.65. The van der Waals surface area contributed by atoms with Crippen molar-refractivity contribution in [3.05, 3.63) is 77.6 Å². The van der Waals surface area contributed by atoms with E-state index in [2.05, 4.69) is 46.1 Å². The topological polar surface area (TPSA) is 50.6 Å². The zero-order valence-corrected chi connectivity index (χ0v) is 19.3. The molecule has 3 aliphatic rings. The highest BCUT2D eigenvalue weighted by Crippen LogP contribution is 2.56. The Morgan fingerprint density at radius 2 is 2.09 bits per heavy atom. The van der Waals surface area contributed by atoms with Crippen molar-refractivity contribution in [3.63, 3.8) is 0 Å². The first-order valence-corrected chi connectivity index (χ1v) is 11.9. The van der Waals surface area contributed by atoms with E-state index in [9.17, 15) is 4.79 Å². The van der Waals surface area contributed by atoms with E-state index in [-0.39, 0.29) is 5.54 Å². The van der Waals surface area contributed by atoms with Crippen LogP contribution in [0.1, 0.15) is 42.0 Å². The van der Waals surface area contributed by atoms with Crippen LogP contribution in [-0.4, -0.2) is 51.2 Å². The van der Waals surface area contributed by atoms with Crippen LogP contribution >= 0.6 is 0 Å². The van der Waals surface area contributed by atoms with Gasteiger partial charge in [0.15, 0.2) is 0 Å². The molecule has 0 saturated carbocycles. The molecule has 3 aromatic rings. The second kappa shape index (κ2) is 7.73. The van der Waals surface area contributed by atoms with E-state index in [1.165, 1.54) is 11.1 Å². The average Bonchev–Trinajstić information content (AvgIpc) is 3.59. The quantitative estimate of drug-likeness (QED) is 0.596. The van der Waals surface area contributed by atoms with Gasteiger partial charge in [-0.2, -0.15) is 5.10 Å². The lowest BCUT2D eigenvalue weighted by Gasteiger charge is -2.34. The van der Waals surface area contributed by atoms with Gasteiger partial charge in [-0.3, -0.25) is 9.69 Å². The Morgan fingerprint density at radius 1 is 1.18 bits per heavy atom. The lowest BCUT2D eigenvalue weighted by molar-refractivity contribution is -0.137. The van der Waals surface area contributed by atoms with Crippen LogP contribution in [-0.2, 0) is 11.3 Å². The van der Waals surface area contributed by atoms with Crippen molar-refractivity contribution in [3.8, 4) is 11.4 Å². The van der Waals surface area contributed by atoms with E-state index < -0.39 is 0 Å². The SMILES string of the molecule is COc1cccc(CN2C[C@@H]3C[C@@H](c4ccc(-n5cccn5)cc4C)N4CCC[C@@]34C2=O)c1. The van der Waals surface area contributed by atoms with Crippen molar-refractivity contribution in [1.82, 2.24) is 19.6 Å². The van der Waals surface area contributed by atoms with Crippen LogP contribution in [0.3, 0.4) is 0 Å². The summed E-state index contributed by atoms with van der Waals surface area (Å²) in [5.41, 5.74) is 4.52. The molecule has 1 aromatic heterocycles. The molecule has 1 spiro atoms. The van der Waals surface area contributed by atoms with Gasteiger partial charge in [-0.15, -0.1) is 0 Å². The summed E-state index contributed by atoms with van der Waals surface area (Å²) >= 11 is 0. The molecule has 4 heterocycles. The number of methoxy groups -OCH3 is 1. The summed E-state index contributed by atoms with van der Waals surface area (Å²) < 4.78 is 7.28. The van der Waals surface area contributed by atoms with Crippen molar-refractivity contribution in [2.45, 2.75) is 44.3 Å². The molecule has 1 amide bonds. The molecule has 3 fully saturated rings. The van der Waals surface area contributed by atoms with Crippen LogP contribution in [0, 0.1) is 12.8 Å². The monoisotopic (exact) mass is 442 g/mol. The maximum Gasteiger partial charge on any atom is 0.243 e. The molecule has 6 nitrogen and oxygen atoms in total. The number of nitrogens with zero attached hydrogens (tertiary/aromatic N) is 4. The standard InChI is InChI=1S/C27H30N4O2/c1-19-14-22(31-13-5-11-28-31)8-9-24(19)25-16-21-18-29(17-20-6-3-7-23(15-20)33-2)26(32)27(21)10-4-12-30(25)27/h3,5-9,11,13-15,21,25H,4,10,12,16-18H2,1-2H3/t21-,25-,27-/m0/s1. The Hall–Kier alpha value is -3.12. The molecule has 6 heteroatoms. The summed E-state index contributed by atoms with van der Waals surface area (Å²) in [5.74, 6) is 1.54. The Kier molecular flexibility index (Phi) is 4.80. The normalized spacial score (nSPS) is 26.6. The van der Waals surface area contributed by atoms with Crippen LogP contribution in [0.2, 0.25) is 0 Å². The van der Waals surface area contributed by atoms with Crippen molar-refractivity contribution in [2.24, 2.45) is 5.92 Å². The Bertz CT molecular complexity index is 1190. The Labute approximate surface area is 194 Å². The Balaban J connectivity index is 1.27. The predicted octanol–water partition coefficient (Wildman–Crippen LogP) is 4.13. The third kappa shape index (κ3) is 3.11. The molecule has 3 saturated heterocycles. The molecular formula is C27H30N4O2. The number of rotatable bonds is 5. The fraction of sp³-hybridized carbons (Fsp3) is 0.407. The molecule has 0 unspecified atom stereocenters. The van der Waals surface area contributed by atoms with Crippen molar-refractivity contribution in [1.29, 1.82) is 0 Å². The van der Waals surface area contributed by atoms with Gasteiger partial charge in [0.25, 0.3) is 0 Å². The number of ether oxygens (including phenoxy) is 1. The highest BCUT2D eigenvalue weighted by atomic mass is 16.5. The summed E-state index contributed by atoms with van der Waals surface area (Å²) in [7, 11) is 1.68. The lowest BCUT2D eigenvalue weighted by Crippen LogP contribution is -2.49. The highest BCUT2D eigenvalue weighted by molar-refractivity contribution is 5.90. The maximum absolute atomic E-state index is 13.9. The average molecular weight is 443 g/mol. The van der Waals surface area contributed by atoms with Crippen LogP contribution in [0.25, 0.3) is 5.69 Å². The third-order valence-electron chi connectivity index (χ3n) is 8.02. The first-order chi connectivity index (χ1) is 16.1. The smallest absolute Gasteiger partial charge is 0.243 e. The van der Waals surface area contributed by atoms with Gasteiger partial charge >= 0.3 is 0 Å². The maximum atomic E-state index is 13.9. The largest absolute Gasteiger partial charge is 0.497 e. The summed E-state index contributed by atoms with van der Waals surface area (Å²) in [5, 5.41) is 4.37. The molecule has 6 rings (SSSR count). The number of carbonyl (C=O) groups excluding carboxylic acids is 1. The fourth-order valence-corrected chi connectivity index (χ4v) is 6.60. The van der Waals surface area contributed by atoms with Gasteiger partial charge in [0.1, 0.15) is 11.3 Å². The number of carbonyl (C=O) groups is 1. The Morgan fingerprint density at radius 3 is 2.88 bits per heavy atom. The van der Waals surface area contributed by atoms with Gasteiger partial charge in [-0.25, -0.2) is 4.68 Å². The molecule has 3 aliphatic heterocycles. The van der Waals surface area contributed by atoms with Crippen LogP contribution in [0.15, 0.2) is 60.9 Å². The van der Waals surface area contributed by atoms with Crippen LogP contribution < -0.4 is 4.74 Å². The third-order valence-corrected chi connectivity index (χ3v) is 8.02. The zero-order valence-electron chi connectivity index (χ0n) is 19.3. The van der Waals surface area contributed by atoms with Gasteiger partial charge in [-0.1, -0.05) is 18.2 Å². The number of aromatic nitrogens is 2. The fourth-order valence-electron chi connectivity index (χ4n) is 6.60. The molecule has 33 heavy (non-hydrogen) atoms. The minimum absolute atomic E-state index is 0.312. The first-order valence-electron chi connectivity index (χ1n) is 11.9. The second-order valence-corrected chi connectivity index (χ2v) is 9.70. The van der Waals surface area contributed by atoms with Crippen molar-refractivity contribution < 1.29 is 9.53 Å². The first kappa shape index (κ1) is 20.5. The van der Waals surface area contributed by atoms with Crippen LogP contribution in [0.4, 0.5) is 0 Å². The molecular weight excluding hydrogens is 412 g/mol. The molecule has 0 bridgehead atoms. The molecule has 3 atom stereocenters. The second-order valence-electron chi connectivity index (χ2n) is 9.70. The number of amides is 1. The lowest BCUT2D eigenvalue weighted by atomic mass is 9.85. The number of benzene rings is 2. The number of hydrogen-bond acceptors (Lipinski definition) is 4. The number of hydrogen-bond donors (Lipinski definition) is 0. The predicted molar refractivity (Wildman–Crippen MR) is 126 cm³/mol. The molecule has 0 radical (unpaired) electrons. The van der Waals surface area contributed by atoms with E-state index in [1.54, 1.807) is 13.3 Å². The van der Waals surface area contributed by atoms with Crippen molar-refractivity contribution in [2.75, 3.05) is 20.2 Å². The zero-order chi connectivity index (χ0) is 22.6. The number of likely N-dealkylation sites (tertiary alicyclic amines) is 1. The van der Waals surface area contributed by atoms with E-state index in [4.69, 9.17) is 4.74 Å².